The Hall–Kier alpha value is -2.56. The lowest BCUT2D eigenvalue weighted by Crippen LogP contribution is -2.00. The molecule has 0 radical (unpaired) electrons. The number of esters is 1. The van der Waals surface area contributed by atoms with Gasteiger partial charge in [-0.25, -0.2) is 4.79 Å². The van der Waals surface area contributed by atoms with Gasteiger partial charge in [-0.05, 0) is 24.3 Å². The van der Waals surface area contributed by atoms with E-state index in [0.717, 1.165) is 0 Å². The highest BCUT2D eigenvalue weighted by molar-refractivity contribution is 5.91. The van der Waals surface area contributed by atoms with E-state index >= 15 is 0 Å². The van der Waals surface area contributed by atoms with Crippen LogP contribution in [0.25, 0.3) is 11.1 Å². The number of rotatable bonds is 3. The predicted octanol–water partition coefficient (Wildman–Crippen LogP) is 2.25. The smallest absolute Gasteiger partial charge is 0.337 e. The number of phenolic OH excluding ortho intramolecular Hbond substituents is 1. The maximum absolute atomic E-state index is 11.3. The number of carbonyl (C=O) groups excluding carboxylic acids is 1. The van der Waals surface area contributed by atoms with Crippen molar-refractivity contribution < 1.29 is 19.4 Å². The maximum atomic E-state index is 11.3. The monoisotopic (exact) mass is 259 g/mol. The van der Waals surface area contributed by atoms with Crippen molar-refractivity contribution >= 4 is 5.97 Å². The number of methoxy groups -OCH3 is 2. The van der Waals surface area contributed by atoms with E-state index in [1.54, 1.807) is 37.7 Å². The van der Waals surface area contributed by atoms with Crippen LogP contribution in [0.1, 0.15) is 10.4 Å². The summed E-state index contributed by atoms with van der Waals surface area (Å²) in [6.45, 7) is 0. The van der Waals surface area contributed by atoms with Crippen LogP contribution in [0.2, 0.25) is 0 Å². The molecule has 0 unspecified atom stereocenters. The lowest BCUT2D eigenvalue weighted by molar-refractivity contribution is 0.0600. The van der Waals surface area contributed by atoms with Gasteiger partial charge in [-0.15, -0.1) is 0 Å². The minimum atomic E-state index is -0.495. The first-order valence-electron chi connectivity index (χ1n) is 5.56. The molecule has 0 amide bonds. The summed E-state index contributed by atoms with van der Waals surface area (Å²) in [5.74, 6) is 0.0810. The van der Waals surface area contributed by atoms with Crippen LogP contribution in [0, 0.1) is 0 Å². The van der Waals surface area contributed by atoms with Gasteiger partial charge in [-0.1, -0.05) is 0 Å². The number of nitrogens with zero attached hydrogens (tertiary/aromatic N) is 1. The van der Waals surface area contributed by atoms with Crippen LogP contribution in [-0.4, -0.2) is 30.3 Å². The number of aromatic nitrogens is 1. The van der Waals surface area contributed by atoms with Crippen LogP contribution in [0.15, 0.2) is 36.7 Å². The molecule has 0 spiro atoms. The zero-order valence-electron chi connectivity index (χ0n) is 10.6. The Labute approximate surface area is 110 Å². The largest absolute Gasteiger partial charge is 0.507 e. The number of carbonyl (C=O) groups is 1. The van der Waals surface area contributed by atoms with Crippen LogP contribution in [-0.2, 0) is 4.74 Å². The Morgan fingerprint density at radius 3 is 2.63 bits per heavy atom. The Bertz CT molecular complexity index is 610. The molecule has 0 aliphatic heterocycles. The third-order valence-electron chi connectivity index (χ3n) is 2.68. The molecule has 1 N–H and O–H groups in total. The van der Waals surface area contributed by atoms with Gasteiger partial charge in [0.25, 0.3) is 0 Å². The lowest BCUT2D eigenvalue weighted by Gasteiger charge is -2.07. The molecule has 1 aromatic heterocycles. The Morgan fingerprint density at radius 1 is 1.21 bits per heavy atom. The van der Waals surface area contributed by atoms with Gasteiger partial charge in [0.2, 0.25) is 0 Å². The van der Waals surface area contributed by atoms with Crippen molar-refractivity contribution in [2.45, 2.75) is 0 Å². The van der Waals surface area contributed by atoms with Crippen LogP contribution in [0.4, 0.5) is 0 Å². The topological polar surface area (TPSA) is 68.7 Å². The molecular weight excluding hydrogens is 246 g/mol. The van der Waals surface area contributed by atoms with E-state index in [1.807, 2.05) is 0 Å². The second kappa shape index (κ2) is 5.39. The Balaban J connectivity index is 2.42. The number of hydrogen-bond donors (Lipinski definition) is 1. The first kappa shape index (κ1) is 12.9. The van der Waals surface area contributed by atoms with E-state index in [0.29, 0.717) is 22.4 Å². The Kier molecular flexibility index (Phi) is 3.66. The van der Waals surface area contributed by atoms with Gasteiger partial charge in [-0.2, -0.15) is 0 Å². The summed E-state index contributed by atoms with van der Waals surface area (Å²) in [6.07, 6.45) is 3.18. The quantitative estimate of drug-likeness (QED) is 0.856. The summed E-state index contributed by atoms with van der Waals surface area (Å²) in [7, 11) is 2.83. The third-order valence-corrected chi connectivity index (χ3v) is 2.68. The minimum absolute atomic E-state index is 0.0158. The third kappa shape index (κ3) is 2.65. The van der Waals surface area contributed by atoms with Crippen molar-refractivity contribution in [3.63, 3.8) is 0 Å². The second-order valence-electron chi connectivity index (χ2n) is 3.84. The van der Waals surface area contributed by atoms with E-state index in [9.17, 15) is 9.90 Å². The molecule has 0 aliphatic carbocycles. The SMILES string of the molecule is COC(=O)c1ccc(-c2cncc(OC)c2)c(O)c1. The first-order valence-corrected chi connectivity index (χ1v) is 5.56. The van der Waals surface area contributed by atoms with Gasteiger partial charge in [0.15, 0.2) is 0 Å². The van der Waals surface area contributed by atoms with Crippen LogP contribution in [0.5, 0.6) is 11.5 Å². The zero-order chi connectivity index (χ0) is 13.8. The van der Waals surface area contributed by atoms with E-state index in [4.69, 9.17) is 4.74 Å². The van der Waals surface area contributed by atoms with Crippen molar-refractivity contribution in [3.05, 3.63) is 42.2 Å². The molecule has 19 heavy (non-hydrogen) atoms. The molecule has 0 saturated heterocycles. The zero-order valence-corrected chi connectivity index (χ0v) is 10.6. The fraction of sp³-hybridized carbons (Fsp3) is 0.143. The molecule has 0 fully saturated rings. The van der Waals surface area contributed by atoms with E-state index < -0.39 is 5.97 Å². The number of phenols is 1. The van der Waals surface area contributed by atoms with Gasteiger partial charge in [-0.3, -0.25) is 4.98 Å². The first-order chi connectivity index (χ1) is 9.15. The van der Waals surface area contributed by atoms with Crippen LogP contribution in [0.3, 0.4) is 0 Å². The summed E-state index contributed by atoms with van der Waals surface area (Å²) in [6, 6.07) is 6.33. The highest BCUT2D eigenvalue weighted by Gasteiger charge is 2.11. The van der Waals surface area contributed by atoms with Gasteiger partial charge in [0, 0.05) is 17.3 Å². The number of aromatic hydroxyl groups is 1. The fourth-order valence-corrected chi connectivity index (χ4v) is 1.70. The molecule has 1 heterocycles. The van der Waals surface area contributed by atoms with Crippen molar-refractivity contribution in [3.8, 4) is 22.6 Å². The maximum Gasteiger partial charge on any atom is 0.337 e. The summed E-state index contributed by atoms with van der Waals surface area (Å²) in [5, 5.41) is 9.98. The molecule has 2 aromatic rings. The summed E-state index contributed by atoms with van der Waals surface area (Å²) in [4.78, 5) is 15.4. The van der Waals surface area contributed by atoms with E-state index in [-0.39, 0.29) is 5.75 Å². The second-order valence-corrected chi connectivity index (χ2v) is 3.84. The van der Waals surface area contributed by atoms with Gasteiger partial charge in [0.1, 0.15) is 11.5 Å². The summed E-state index contributed by atoms with van der Waals surface area (Å²) >= 11 is 0. The minimum Gasteiger partial charge on any atom is -0.507 e. The normalized spacial score (nSPS) is 10.0. The van der Waals surface area contributed by atoms with Crippen molar-refractivity contribution in [2.75, 3.05) is 14.2 Å². The van der Waals surface area contributed by atoms with Crippen LogP contribution < -0.4 is 4.74 Å². The van der Waals surface area contributed by atoms with Crippen molar-refractivity contribution in [1.82, 2.24) is 4.98 Å². The molecule has 1 aromatic carbocycles. The molecule has 0 aliphatic rings. The molecule has 98 valence electrons. The molecule has 2 rings (SSSR count). The highest BCUT2D eigenvalue weighted by atomic mass is 16.5. The van der Waals surface area contributed by atoms with Gasteiger partial charge >= 0.3 is 5.97 Å². The molecule has 0 saturated carbocycles. The predicted molar refractivity (Wildman–Crippen MR) is 69.2 cm³/mol. The number of benzene rings is 1. The van der Waals surface area contributed by atoms with Crippen molar-refractivity contribution in [1.29, 1.82) is 0 Å². The number of hydrogen-bond acceptors (Lipinski definition) is 5. The number of ether oxygens (including phenoxy) is 2. The lowest BCUT2D eigenvalue weighted by atomic mass is 10.0. The van der Waals surface area contributed by atoms with Crippen LogP contribution >= 0.6 is 0 Å². The van der Waals surface area contributed by atoms with Gasteiger partial charge < -0.3 is 14.6 Å². The standard InChI is InChI=1S/C14H13NO4/c1-18-11-5-10(7-15-8-11)12-4-3-9(6-13(12)16)14(17)19-2/h3-8,16H,1-2H3. The van der Waals surface area contributed by atoms with Gasteiger partial charge in [0.05, 0.1) is 26.0 Å². The molecule has 0 atom stereocenters. The summed E-state index contributed by atoms with van der Waals surface area (Å²) < 4.78 is 9.67. The van der Waals surface area contributed by atoms with E-state index in [1.165, 1.54) is 13.2 Å². The summed E-state index contributed by atoms with van der Waals surface area (Å²) in [5.41, 5.74) is 1.56. The molecular formula is C14H13NO4. The van der Waals surface area contributed by atoms with E-state index in [2.05, 4.69) is 9.72 Å². The molecule has 5 nitrogen and oxygen atoms in total. The average Bonchev–Trinajstić information content (AvgIpc) is 2.46. The highest BCUT2D eigenvalue weighted by Crippen LogP contribution is 2.31. The number of pyridine rings is 1. The molecule has 5 heteroatoms. The fourth-order valence-electron chi connectivity index (χ4n) is 1.70. The van der Waals surface area contributed by atoms with Crippen molar-refractivity contribution in [2.24, 2.45) is 0 Å². The Morgan fingerprint density at radius 2 is 2.00 bits per heavy atom. The average molecular weight is 259 g/mol. The molecule has 0 bridgehead atoms.